The lowest BCUT2D eigenvalue weighted by Gasteiger charge is -2.02. The fourth-order valence-corrected chi connectivity index (χ4v) is 1.51. The largest absolute Gasteiger partial charge is 0.360 e. The van der Waals surface area contributed by atoms with Gasteiger partial charge in [-0.2, -0.15) is 0 Å². The van der Waals surface area contributed by atoms with Gasteiger partial charge in [0.15, 0.2) is 5.76 Å². The highest BCUT2D eigenvalue weighted by Crippen LogP contribution is 2.02. The monoisotopic (exact) mass is 217 g/mol. The van der Waals surface area contributed by atoms with E-state index in [0.29, 0.717) is 6.54 Å². The van der Waals surface area contributed by atoms with Crippen molar-refractivity contribution in [2.24, 2.45) is 0 Å². The predicted molar refractivity (Wildman–Crippen MR) is 60.8 cm³/mol. The molecule has 0 aliphatic carbocycles. The normalized spacial score (nSPS) is 10.6. The van der Waals surface area contributed by atoms with Crippen molar-refractivity contribution in [3.8, 4) is 0 Å². The van der Waals surface area contributed by atoms with Gasteiger partial charge in [-0.15, -0.1) is 0 Å². The summed E-state index contributed by atoms with van der Waals surface area (Å²) in [6.45, 7) is 5.32. The quantitative estimate of drug-likeness (QED) is 0.850. The van der Waals surface area contributed by atoms with Crippen LogP contribution in [0.5, 0.6) is 0 Å². The summed E-state index contributed by atoms with van der Waals surface area (Å²) in [5.41, 5.74) is 2.98. The van der Waals surface area contributed by atoms with Gasteiger partial charge in [-0.1, -0.05) is 11.2 Å². The highest BCUT2D eigenvalue weighted by molar-refractivity contribution is 5.10. The molecule has 0 aliphatic heterocycles. The van der Waals surface area contributed by atoms with Crippen molar-refractivity contribution in [1.82, 2.24) is 15.5 Å². The minimum atomic E-state index is 0.677. The lowest BCUT2D eigenvalue weighted by molar-refractivity contribution is 0.369. The summed E-state index contributed by atoms with van der Waals surface area (Å²) in [6, 6.07) is 7.93. The van der Waals surface area contributed by atoms with Crippen LogP contribution in [0.2, 0.25) is 0 Å². The molecule has 0 radical (unpaired) electrons. The molecule has 0 atom stereocenters. The van der Waals surface area contributed by atoms with Gasteiger partial charge in [0, 0.05) is 18.3 Å². The number of pyridine rings is 1. The maximum absolute atomic E-state index is 5.09. The molecule has 0 aromatic carbocycles. The molecule has 0 fully saturated rings. The molecule has 0 bridgehead atoms. The second-order valence-electron chi connectivity index (χ2n) is 3.81. The maximum Gasteiger partial charge on any atom is 0.150 e. The number of nitrogens with zero attached hydrogens (tertiary/aromatic N) is 2. The minimum Gasteiger partial charge on any atom is -0.360 e. The Balaban J connectivity index is 1.84. The van der Waals surface area contributed by atoms with Crippen LogP contribution in [0, 0.1) is 13.8 Å². The molecule has 0 saturated heterocycles. The topological polar surface area (TPSA) is 51.0 Å². The molecule has 16 heavy (non-hydrogen) atoms. The molecule has 0 saturated carbocycles. The van der Waals surface area contributed by atoms with Crippen molar-refractivity contribution >= 4 is 0 Å². The summed E-state index contributed by atoms with van der Waals surface area (Å²) < 4.78 is 5.09. The van der Waals surface area contributed by atoms with E-state index in [1.54, 1.807) is 0 Å². The van der Waals surface area contributed by atoms with E-state index in [2.05, 4.69) is 15.5 Å². The van der Waals surface area contributed by atoms with Gasteiger partial charge in [-0.3, -0.25) is 4.98 Å². The van der Waals surface area contributed by atoms with Gasteiger partial charge < -0.3 is 9.84 Å². The summed E-state index contributed by atoms with van der Waals surface area (Å²) in [5, 5.41) is 7.09. The van der Waals surface area contributed by atoms with Crippen LogP contribution in [0.1, 0.15) is 22.8 Å². The Hall–Kier alpha value is -1.68. The van der Waals surface area contributed by atoms with Gasteiger partial charge in [0.25, 0.3) is 0 Å². The van der Waals surface area contributed by atoms with Crippen LogP contribution in [-0.4, -0.2) is 10.1 Å². The fourth-order valence-electron chi connectivity index (χ4n) is 1.51. The third kappa shape index (κ3) is 2.90. The van der Waals surface area contributed by atoms with Crippen molar-refractivity contribution in [3.05, 3.63) is 47.1 Å². The number of nitrogens with one attached hydrogen (secondary N) is 1. The molecule has 0 aliphatic rings. The molecule has 2 aromatic rings. The van der Waals surface area contributed by atoms with E-state index < -0.39 is 0 Å². The lowest BCUT2D eigenvalue weighted by atomic mass is 10.3. The number of hydrogen-bond donors (Lipinski definition) is 1. The molecule has 0 amide bonds. The summed E-state index contributed by atoms with van der Waals surface area (Å²) >= 11 is 0. The highest BCUT2D eigenvalue weighted by atomic mass is 16.5. The molecule has 2 aromatic heterocycles. The van der Waals surface area contributed by atoms with E-state index in [1.165, 1.54) is 0 Å². The third-order valence-electron chi connectivity index (χ3n) is 2.23. The van der Waals surface area contributed by atoms with E-state index in [9.17, 15) is 0 Å². The van der Waals surface area contributed by atoms with Crippen molar-refractivity contribution in [2.75, 3.05) is 0 Å². The van der Waals surface area contributed by atoms with Gasteiger partial charge in [0.1, 0.15) is 0 Å². The molecule has 84 valence electrons. The SMILES string of the molecule is Cc1cc(CNCc2cccc(C)n2)on1. The van der Waals surface area contributed by atoms with Crippen molar-refractivity contribution in [1.29, 1.82) is 0 Å². The fraction of sp³-hybridized carbons (Fsp3) is 0.333. The van der Waals surface area contributed by atoms with Gasteiger partial charge in [-0.05, 0) is 26.0 Å². The Kier molecular flexibility index (Phi) is 3.31. The summed E-state index contributed by atoms with van der Waals surface area (Å²) in [7, 11) is 0. The van der Waals surface area contributed by atoms with Crippen LogP contribution in [0.4, 0.5) is 0 Å². The van der Waals surface area contributed by atoms with E-state index in [1.807, 2.05) is 38.1 Å². The zero-order valence-electron chi connectivity index (χ0n) is 9.53. The smallest absolute Gasteiger partial charge is 0.150 e. The third-order valence-corrected chi connectivity index (χ3v) is 2.23. The van der Waals surface area contributed by atoms with E-state index in [0.717, 1.165) is 29.4 Å². The second kappa shape index (κ2) is 4.90. The Bertz CT molecular complexity index is 465. The van der Waals surface area contributed by atoms with E-state index in [-0.39, 0.29) is 0 Å². The van der Waals surface area contributed by atoms with Crippen LogP contribution >= 0.6 is 0 Å². The average molecular weight is 217 g/mol. The Morgan fingerprint density at radius 1 is 1.19 bits per heavy atom. The molecule has 2 heterocycles. The first-order valence-electron chi connectivity index (χ1n) is 5.29. The zero-order valence-corrected chi connectivity index (χ0v) is 9.53. The first kappa shape index (κ1) is 10.8. The molecule has 0 spiro atoms. The predicted octanol–water partition coefficient (Wildman–Crippen LogP) is 1.98. The molecular weight excluding hydrogens is 202 g/mol. The van der Waals surface area contributed by atoms with Crippen LogP contribution in [-0.2, 0) is 13.1 Å². The van der Waals surface area contributed by atoms with Gasteiger partial charge in [0.05, 0.1) is 17.9 Å². The standard InChI is InChI=1S/C12H15N3O/c1-9-4-3-5-11(14-9)7-13-8-12-6-10(2)15-16-12/h3-6,13H,7-8H2,1-2H3. The number of hydrogen-bond acceptors (Lipinski definition) is 4. The summed E-state index contributed by atoms with van der Waals surface area (Å²) in [6.07, 6.45) is 0. The van der Waals surface area contributed by atoms with Gasteiger partial charge in [-0.25, -0.2) is 0 Å². The lowest BCUT2D eigenvalue weighted by Crippen LogP contribution is -2.13. The van der Waals surface area contributed by atoms with Crippen LogP contribution in [0.3, 0.4) is 0 Å². The maximum atomic E-state index is 5.09. The molecule has 0 unspecified atom stereocenters. The minimum absolute atomic E-state index is 0.677. The van der Waals surface area contributed by atoms with Crippen LogP contribution in [0.15, 0.2) is 28.8 Å². The van der Waals surface area contributed by atoms with Gasteiger partial charge >= 0.3 is 0 Å². The molecule has 4 heteroatoms. The van der Waals surface area contributed by atoms with Gasteiger partial charge in [0.2, 0.25) is 0 Å². The molecular formula is C12H15N3O. The Labute approximate surface area is 94.7 Å². The highest BCUT2D eigenvalue weighted by Gasteiger charge is 2.00. The number of aromatic nitrogens is 2. The van der Waals surface area contributed by atoms with Crippen molar-refractivity contribution in [3.63, 3.8) is 0 Å². The molecule has 4 nitrogen and oxygen atoms in total. The van der Waals surface area contributed by atoms with Crippen molar-refractivity contribution < 1.29 is 4.52 Å². The number of rotatable bonds is 4. The van der Waals surface area contributed by atoms with E-state index in [4.69, 9.17) is 4.52 Å². The molecule has 2 rings (SSSR count). The summed E-state index contributed by atoms with van der Waals surface area (Å²) in [5.74, 6) is 0.852. The number of aryl methyl sites for hydroxylation is 2. The first-order valence-corrected chi connectivity index (χ1v) is 5.29. The van der Waals surface area contributed by atoms with Crippen LogP contribution < -0.4 is 5.32 Å². The first-order chi connectivity index (χ1) is 7.74. The van der Waals surface area contributed by atoms with Crippen molar-refractivity contribution in [2.45, 2.75) is 26.9 Å². The Morgan fingerprint density at radius 3 is 2.75 bits per heavy atom. The van der Waals surface area contributed by atoms with Crippen LogP contribution in [0.25, 0.3) is 0 Å². The average Bonchev–Trinajstić information content (AvgIpc) is 2.64. The van der Waals surface area contributed by atoms with E-state index >= 15 is 0 Å². The Morgan fingerprint density at radius 2 is 2.06 bits per heavy atom. The second-order valence-corrected chi connectivity index (χ2v) is 3.81. The molecule has 1 N–H and O–H groups in total. The zero-order chi connectivity index (χ0) is 11.4. The summed E-state index contributed by atoms with van der Waals surface area (Å²) in [4.78, 5) is 4.40.